The van der Waals surface area contributed by atoms with Gasteiger partial charge in [-0.1, -0.05) is 49.4 Å². The lowest BCUT2D eigenvalue weighted by Gasteiger charge is -2.40. The summed E-state index contributed by atoms with van der Waals surface area (Å²) in [6.07, 6.45) is 11.3. The van der Waals surface area contributed by atoms with Crippen LogP contribution in [0, 0.1) is 40.0 Å². The molecule has 0 amide bonds. The van der Waals surface area contributed by atoms with Crippen LogP contribution in [-0.2, 0) is 10.2 Å². The third kappa shape index (κ3) is 6.76. The smallest absolute Gasteiger partial charge is 0.125 e. The third-order valence-corrected chi connectivity index (χ3v) is 7.44. The fraction of sp³-hybridized carbons (Fsp3) is 0.548. The van der Waals surface area contributed by atoms with E-state index >= 15 is 0 Å². The van der Waals surface area contributed by atoms with Crippen LogP contribution in [0.1, 0.15) is 71.9 Å². The number of hydrogen-bond acceptors (Lipinski definition) is 4. The van der Waals surface area contributed by atoms with E-state index in [0.717, 1.165) is 41.9 Å². The number of benzene rings is 2. The molecule has 1 fully saturated rings. The molecule has 5 heteroatoms. The second kappa shape index (κ2) is 13.4. The van der Waals surface area contributed by atoms with E-state index in [2.05, 4.69) is 57.9 Å². The number of hydrogen-bond donors (Lipinski definition) is 1. The Morgan fingerprint density at radius 3 is 1.92 bits per heavy atom. The van der Waals surface area contributed by atoms with Crippen molar-refractivity contribution in [3.63, 3.8) is 0 Å². The zero-order valence-corrected chi connectivity index (χ0v) is 23.0. The maximum absolute atomic E-state index is 10.2. The first-order valence-corrected chi connectivity index (χ1v) is 13.6. The van der Waals surface area contributed by atoms with Crippen molar-refractivity contribution in [3.8, 4) is 23.8 Å². The summed E-state index contributed by atoms with van der Waals surface area (Å²) in [4.78, 5) is 0. The highest BCUT2D eigenvalue weighted by Gasteiger charge is 2.37. The Labute approximate surface area is 222 Å². The summed E-state index contributed by atoms with van der Waals surface area (Å²) in [5.41, 5.74) is 7.21. The van der Waals surface area contributed by atoms with Gasteiger partial charge in [0.1, 0.15) is 30.8 Å². The minimum Gasteiger partial charge on any atom is -0.493 e. The Morgan fingerprint density at radius 1 is 0.889 bits per heavy atom. The zero-order chi connectivity index (χ0) is 26.1. The van der Waals surface area contributed by atoms with Crippen molar-refractivity contribution >= 4 is 11.6 Å². The summed E-state index contributed by atoms with van der Waals surface area (Å²) < 4.78 is 17.3. The third-order valence-electron chi connectivity index (χ3n) is 7.17. The average Bonchev–Trinajstić information content (AvgIpc) is 2.85. The number of ether oxygens (including phenoxy) is 3. The number of alkyl halides is 1. The van der Waals surface area contributed by atoms with Crippen LogP contribution in [0.3, 0.4) is 0 Å². The molecule has 36 heavy (non-hydrogen) atoms. The second-order valence-electron chi connectivity index (χ2n) is 10.1. The molecule has 1 aliphatic rings. The lowest BCUT2D eigenvalue weighted by Crippen LogP contribution is -2.31. The van der Waals surface area contributed by atoms with Crippen molar-refractivity contribution in [2.75, 3.05) is 32.3 Å². The van der Waals surface area contributed by atoms with Crippen molar-refractivity contribution in [3.05, 3.63) is 57.6 Å². The average molecular weight is 513 g/mol. The van der Waals surface area contributed by atoms with E-state index in [0.29, 0.717) is 12.5 Å². The molecule has 0 bridgehead atoms. The number of rotatable bonds is 12. The normalized spacial score (nSPS) is 15.8. The summed E-state index contributed by atoms with van der Waals surface area (Å²) in [6.45, 7) is 9.63. The van der Waals surface area contributed by atoms with E-state index in [1.165, 1.54) is 41.5 Å². The van der Waals surface area contributed by atoms with E-state index in [1.807, 2.05) is 0 Å². The molecular weight excluding hydrogens is 472 g/mol. The number of aliphatic hydroxyl groups excluding tert-OH is 1. The van der Waals surface area contributed by atoms with Gasteiger partial charge in [-0.25, -0.2) is 0 Å². The lowest BCUT2D eigenvalue weighted by molar-refractivity contribution is 0.0226. The molecular formula is C31H41ClO4. The molecule has 0 saturated heterocycles. The van der Waals surface area contributed by atoms with E-state index in [4.69, 9.17) is 32.2 Å². The molecule has 1 unspecified atom stereocenters. The predicted molar refractivity (Wildman–Crippen MR) is 148 cm³/mol. The maximum Gasteiger partial charge on any atom is 0.125 e. The van der Waals surface area contributed by atoms with Gasteiger partial charge in [-0.15, -0.1) is 18.0 Å². The van der Waals surface area contributed by atoms with Crippen LogP contribution < -0.4 is 9.47 Å². The highest BCUT2D eigenvalue weighted by Crippen LogP contribution is 2.47. The van der Waals surface area contributed by atoms with Crippen LogP contribution in [0.2, 0.25) is 0 Å². The van der Waals surface area contributed by atoms with E-state index < -0.39 is 6.10 Å². The van der Waals surface area contributed by atoms with Crippen molar-refractivity contribution in [2.45, 2.75) is 77.7 Å². The lowest BCUT2D eigenvalue weighted by atomic mass is 9.64. The zero-order valence-electron chi connectivity index (χ0n) is 22.3. The Balaban J connectivity index is 1.90. The van der Waals surface area contributed by atoms with Crippen LogP contribution in [0.15, 0.2) is 24.3 Å². The van der Waals surface area contributed by atoms with E-state index in [-0.39, 0.29) is 25.2 Å². The molecule has 0 aliphatic heterocycles. The molecule has 196 valence electrons. The summed E-state index contributed by atoms with van der Waals surface area (Å²) in [5, 5.41) is 10.2. The minimum atomic E-state index is -0.724. The van der Waals surface area contributed by atoms with Crippen LogP contribution in [0.4, 0.5) is 0 Å². The number of aliphatic hydroxyl groups is 1. The molecule has 2 aromatic carbocycles. The summed E-state index contributed by atoms with van der Waals surface area (Å²) in [7, 11) is 0. The Bertz CT molecular complexity index is 1000. The van der Waals surface area contributed by atoms with E-state index in [1.54, 1.807) is 0 Å². The van der Waals surface area contributed by atoms with Gasteiger partial charge in [-0.05, 0) is 80.3 Å². The van der Waals surface area contributed by atoms with Gasteiger partial charge in [0.2, 0.25) is 0 Å². The molecule has 3 rings (SSSR count). The van der Waals surface area contributed by atoms with E-state index in [9.17, 15) is 5.11 Å². The predicted octanol–water partition coefficient (Wildman–Crippen LogP) is 6.57. The van der Waals surface area contributed by atoms with Crippen molar-refractivity contribution < 1.29 is 19.3 Å². The SMILES string of the molecule is C#CCOCC(O)COc1c(C)cc(C2(c3cc(C)c(OCCCCl)c(C)c3)CCCCC2)cc1C. The number of aryl methyl sites for hydroxylation is 4. The first kappa shape index (κ1) is 28.4. The van der Waals surface area contributed by atoms with Crippen LogP contribution in [-0.4, -0.2) is 43.5 Å². The van der Waals surface area contributed by atoms with Crippen LogP contribution >= 0.6 is 11.6 Å². The van der Waals surface area contributed by atoms with Gasteiger partial charge in [0.15, 0.2) is 0 Å². The molecule has 0 aromatic heterocycles. The minimum absolute atomic E-state index is 0.0287. The monoisotopic (exact) mass is 512 g/mol. The van der Waals surface area contributed by atoms with Gasteiger partial charge in [0.05, 0.1) is 13.2 Å². The van der Waals surface area contributed by atoms with Gasteiger partial charge in [-0.3, -0.25) is 0 Å². The number of halogens is 1. The highest BCUT2D eigenvalue weighted by molar-refractivity contribution is 6.17. The van der Waals surface area contributed by atoms with Gasteiger partial charge in [-0.2, -0.15) is 0 Å². The first-order valence-electron chi connectivity index (χ1n) is 13.1. The molecule has 1 N–H and O–H groups in total. The van der Waals surface area contributed by atoms with Crippen LogP contribution in [0.25, 0.3) is 0 Å². The summed E-state index contributed by atoms with van der Waals surface area (Å²) >= 11 is 5.84. The van der Waals surface area contributed by atoms with Crippen molar-refractivity contribution in [1.29, 1.82) is 0 Å². The Hall–Kier alpha value is -2.19. The summed E-state index contributed by atoms with van der Waals surface area (Å²) in [5.74, 6) is 4.82. The van der Waals surface area contributed by atoms with Crippen molar-refractivity contribution in [1.82, 2.24) is 0 Å². The summed E-state index contributed by atoms with van der Waals surface area (Å²) in [6, 6.07) is 9.22. The molecule has 1 saturated carbocycles. The molecule has 2 aromatic rings. The van der Waals surface area contributed by atoms with Gasteiger partial charge < -0.3 is 19.3 Å². The van der Waals surface area contributed by atoms with Gasteiger partial charge in [0.25, 0.3) is 0 Å². The Morgan fingerprint density at radius 2 is 1.42 bits per heavy atom. The molecule has 4 nitrogen and oxygen atoms in total. The number of terminal acetylenes is 1. The quantitative estimate of drug-likeness (QED) is 0.198. The van der Waals surface area contributed by atoms with Gasteiger partial charge >= 0.3 is 0 Å². The fourth-order valence-electron chi connectivity index (χ4n) is 5.52. The topological polar surface area (TPSA) is 47.9 Å². The first-order chi connectivity index (χ1) is 17.3. The Kier molecular flexibility index (Phi) is 10.5. The molecule has 0 heterocycles. The van der Waals surface area contributed by atoms with Gasteiger partial charge in [0, 0.05) is 11.3 Å². The fourth-order valence-corrected chi connectivity index (χ4v) is 5.63. The second-order valence-corrected chi connectivity index (χ2v) is 10.5. The largest absolute Gasteiger partial charge is 0.493 e. The molecule has 0 spiro atoms. The maximum atomic E-state index is 10.2. The standard InChI is InChI=1S/C31H41ClO4/c1-6-14-34-20-28(33)21-36-30-24(4)18-27(19-25(30)5)31(11-8-7-9-12-31)26-16-22(2)29(23(3)17-26)35-15-10-13-32/h1,16-19,28,33H,7-15,20-21H2,2-5H3. The molecule has 1 atom stereocenters. The van der Waals surface area contributed by atoms with Crippen molar-refractivity contribution in [2.24, 2.45) is 0 Å². The molecule has 1 aliphatic carbocycles. The molecule has 0 radical (unpaired) electrons. The van der Waals surface area contributed by atoms with Crippen LogP contribution in [0.5, 0.6) is 11.5 Å². The highest BCUT2D eigenvalue weighted by atomic mass is 35.5.